The molecule has 0 bridgehead atoms. The summed E-state index contributed by atoms with van der Waals surface area (Å²) >= 11 is 1.22. The van der Waals surface area contributed by atoms with Crippen LogP contribution in [0.5, 0.6) is 0 Å². The van der Waals surface area contributed by atoms with Gasteiger partial charge in [-0.3, -0.25) is 4.79 Å². The molecule has 0 unspecified atom stereocenters. The fourth-order valence-corrected chi connectivity index (χ4v) is 4.51. The second-order valence-electron chi connectivity index (χ2n) is 5.80. The van der Waals surface area contributed by atoms with Gasteiger partial charge in [0.05, 0.1) is 10.4 Å². The van der Waals surface area contributed by atoms with Gasteiger partial charge in [0.1, 0.15) is 0 Å². The Morgan fingerprint density at radius 2 is 1.81 bits per heavy atom. The average Bonchev–Trinajstić information content (AvgIpc) is 3.00. The third kappa shape index (κ3) is 3.61. The number of para-hydroxylation sites is 1. The lowest BCUT2D eigenvalue weighted by atomic mass is 10.2. The van der Waals surface area contributed by atoms with Crippen molar-refractivity contribution in [1.29, 1.82) is 0 Å². The first-order valence-corrected chi connectivity index (χ1v) is 10.6. The molecule has 0 aliphatic rings. The quantitative estimate of drug-likeness (QED) is 0.608. The summed E-state index contributed by atoms with van der Waals surface area (Å²) in [6.07, 6.45) is 4.73. The Hall–Kier alpha value is -2.31. The Balaban J connectivity index is 2.12. The predicted molar refractivity (Wildman–Crippen MR) is 108 cm³/mol. The number of hydrogen-bond acceptors (Lipinski definition) is 4. The van der Waals surface area contributed by atoms with Crippen LogP contribution in [0.1, 0.15) is 18.1 Å². The van der Waals surface area contributed by atoms with Crippen LogP contribution in [0.3, 0.4) is 0 Å². The lowest BCUT2D eigenvalue weighted by Gasteiger charge is -2.07. The summed E-state index contributed by atoms with van der Waals surface area (Å²) in [6.45, 7) is 3.83. The maximum absolute atomic E-state index is 13.1. The van der Waals surface area contributed by atoms with Crippen molar-refractivity contribution in [3.05, 3.63) is 71.9 Å². The zero-order valence-electron chi connectivity index (χ0n) is 14.5. The summed E-state index contributed by atoms with van der Waals surface area (Å²) in [7, 11) is -3.72. The third-order valence-corrected chi connectivity index (χ3v) is 6.37. The summed E-state index contributed by atoms with van der Waals surface area (Å²) in [6, 6.07) is 14.0. The molecule has 0 aliphatic carbocycles. The first-order valence-electron chi connectivity index (χ1n) is 8.20. The van der Waals surface area contributed by atoms with Crippen LogP contribution < -0.4 is 0 Å². The molecule has 3 aromatic rings. The Bertz CT molecular complexity index is 1080. The molecule has 134 valence electrons. The largest absolute Gasteiger partial charge is 0.282 e. The van der Waals surface area contributed by atoms with E-state index in [1.165, 1.54) is 21.8 Å². The normalized spacial score (nSPS) is 12.1. The number of hydrogen-bond donors (Lipinski definition) is 0. The van der Waals surface area contributed by atoms with Crippen LogP contribution in [0.2, 0.25) is 0 Å². The Labute approximate surface area is 157 Å². The van der Waals surface area contributed by atoms with Crippen molar-refractivity contribution in [2.75, 3.05) is 5.75 Å². The highest BCUT2D eigenvalue weighted by Crippen LogP contribution is 2.27. The maximum atomic E-state index is 13.1. The second kappa shape index (κ2) is 7.51. The van der Waals surface area contributed by atoms with E-state index in [2.05, 4.69) is 0 Å². The number of aryl methyl sites for hydroxylation is 1. The van der Waals surface area contributed by atoms with Gasteiger partial charge in [0.15, 0.2) is 0 Å². The summed E-state index contributed by atoms with van der Waals surface area (Å²) in [5.74, 6) is 0.701. The van der Waals surface area contributed by atoms with Gasteiger partial charge in [0, 0.05) is 17.1 Å². The first kappa shape index (κ1) is 18.5. The molecule has 1 heterocycles. The molecule has 6 heteroatoms. The smallest absolute Gasteiger partial charge is 0.268 e. The van der Waals surface area contributed by atoms with Crippen molar-refractivity contribution in [3.8, 4) is 0 Å². The van der Waals surface area contributed by atoms with E-state index < -0.39 is 10.0 Å². The molecule has 4 nitrogen and oxygen atoms in total. The number of benzene rings is 2. The van der Waals surface area contributed by atoms with Crippen molar-refractivity contribution in [1.82, 2.24) is 3.97 Å². The molecule has 0 aliphatic heterocycles. The Morgan fingerprint density at radius 3 is 2.50 bits per heavy atom. The maximum Gasteiger partial charge on any atom is 0.268 e. The van der Waals surface area contributed by atoms with Gasteiger partial charge in [-0.2, -0.15) is 0 Å². The van der Waals surface area contributed by atoms with E-state index >= 15 is 0 Å². The molecule has 0 fully saturated rings. The minimum Gasteiger partial charge on any atom is -0.282 e. The Kier molecular flexibility index (Phi) is 5.34. The Morgan fingerprint density at radius 1 is 1.12 bits per heavy atom. The number of nitrogens with zero attached hydrogens (tertiary/aromatic N) is 1. The van der Waals surface area contributed by atoms with Gasteiger partial charge < -0.3 is 0 Å². The molecule has 0 N–H and O–H groups in total. The number of aromatic nitrogens is 1. The van der Waals surface area contributed by atoms with Crippen LogP contribution in [0.15, 0.2) is 65.7 Å². The van der Waals surface area contributed by atoms with Crippen molar-refractivity contribution in [2.24, 2.45) is 0 Å². The fraction of sp³-hybridized carbons (Fsp3) is 0.150. The highest BCUT2D eigenvalue weighted by atomic mass is 32.2. The van der Waals surface area contributed by atoms with Crippen LogP contribution in [0.4, 0.5) is 0 Å². The number of thioether (sulfide) groups is 1. The molecular weight excluding hydrogens is 366 g/mol. The number of rotatable bonds is 5. The minimum absolute atomic E-state index is 0.0503. The molecular formula is C20H19NO3S2. The van der Waals surface area contributed by atoms with Crippen LogP contribution >= 0.6 is 11.8 Å². The van der Waals surface area contributed by atoms with Crippen LogP contribution in [-0.4, -0.2) is 23.3 Å². The second-order valence-corrected chi connectivity index (χ2v) is 8.88. The molecule has 3 rings (SSSR count). The molecule has 0 spiro atoms. The zero-order valence-corrected chi connectivity index (χ0v) is 16.2. The number of carbonyl (C=O) groups excluding carboxylic acids is 1. The van der Waals surface area contributed by atoms with E-state index in [4.69, 9.17) is 0 Å². The van der Waals surface area contributed by atoms with Gasteiger partial charge in [-0.25, -0.2) is 12.4 Å². The van der Waals surface area contributed by atoms with Crippen molar-refractivity contribution in [2.45, 2.75) is 18.7 Å². The molecule has 1 aromatic heterocycles. The minimum atomic E-state index is -3.72. The molecule has 0 saturated heterocycles. The van der Waals surface area contributed by atoms with Gasteiger partial charge in [-0.05, 0) is 43.0 Å². The number of carbonyl (C=O) groups is 1. The molecule has 26 heavy (non-hydrogen) atoms. The fourth-order valence-electron chi connectivity index (χ4n) is 2.68. The third-order valence-electron chi connectivity index (χ3n) is 3.97. The summed E-state index contributed by atoms with van der Waals surface area (Å²) < 4.78 is 27.4. The molecule has 0 radical (unpaired) electrons. The molecule has 0 atom stereocenters. The highest BCUT2D eigenvalue weighted by molar-refractivity contribution is 8.14. The van der Waals surface area contributed by atoms with Gasteiger partial charge in [-0.1, -0.05) is 54.6 Å². The average molecular weight is 386 g/mol. The molecule has 0 saturated carbocycles. The van der Waals surface area contributed by atoms with Crippen LogP contribution in [0, 0.1) is 6.92 Å². The first-order chi connectivity index (χ1) is 12.4. The van der Waals surface area contributed by atoms with E-state index in [-0.39, 0.29) is 10.0 Å². The zero-order chi connectivity index (χ0) is 18.7. The molecule has 0 amide bonds. The van der Waals surface area contributed by atoms with Crippen molar-refractivity contribution < 1.29 is 13.2 Å². The monoisotopic (exact) mass is 385 g/mol. The SMILES string of the molecule is CCSC(=O)/C=C/c1cn(S(=O)(=O)c2ccc(C)cc2)c2ccccc12. The van der Waals surface area contributed by atoms with E-state index in [0.29, 0.717) is 16.8 Å². The topological polar surface area (TPSA) is 56.1 Å². The van der Waals surface area contributed by atoms with Crippen molar-refractivity contribution >= 4 is 43.9 Å². The van der Waals surface area contributed by atoms with E-state index in [9.17, 15) is 13.2 Å². The number of fused-ring (bicyclic) bond motifs is 1. The van der Waals surface area contributed by atoms with Gasteiger partial charge >= 0.3 is 0 Å². The van der Waals surface area contributed by atoms with Gasteiger partial charge in [-0.15, -0.1) is 0 Å². The predicted octanol–water partition coefficient (Wildman–Crippen LogP) is 4.48. The highest BCUT2D eigenvalue weighted by Gasteiger charge is 2.20. The summed E-state index contributed by atoms with van der Waals surface area (Å²) in [4.78, 5) is 12.0. The van der Waals surface area contributed by atoms with Gasteiger partial charge in [0.25, 0.3) is 10.0 Å². The lowest BCUT2D eigenvalue weighted by molar-refractivity contribution is -0.106. The van der Waals surface area contributed by atoms with Crippen LogP contribution in [0.25, 0.3) is 17.0 Å². The van der Waals surface area contributed by atoms with Crippen molar-refractivity contribution in [3.63, 3.8) is 0 Å². The standard InChI is InChI=1S/C20H19NO3S2/c1-3-25-20(22)13-10-16-14-21(19-7-5-4-6-18(16)19)26(23,24)17-11-8-15(2)9-12-17/h4-14H,3H2,1-2H3/b13-10+. The van der Waals surface area contributed by atoms with E-state index in [1.807, 2.05) is 26.0 Å². The lowest BCUT2D eigenvalue weighted by Crippen LogP contribution is -2.11. The van der Waals surface area contributed by atoms with Crippen LogP contribution in [-0.2, 0) is 14.8 Å². The van der Waals surface area contributed by atoms with E-state index in [0.717, 1.165) is 10.9 Å². The summed E-state index contributed by atoms with van der Waals surface area (Å²) in [5.41, 5.74) is 2.28. The van der Waals surface area contributed by atoms with Gasteiger partial charge in [0.2, 0.25) is 5.12 Å². The van der Waals surface area contributed by atoms with E-state index in [1.54, 1.807) is 48.7 Å². The molecule has 2 aromatic carbocycles. The summed E-state index contributed by atoms with van der Waals surface area (Å²) in [5, 5.41) is 0.736.